The van der Waals surface area contributed by atoms with Gasteiger partial charge in [0.05, 0.1) is 6.20 Å². The van der Waals surface area contributed by atoms with Crippen molar-refractivity contribution in [2.24, 2.45) is 5.73 Å². The Labute approximate surface area is 80.5 Å². The molecular formula is C7H12N4OS. The summed E-state index contributed by atoms with van der Waals surface area (Å²) in [5, 5.41) is 6.99. The Morgan fingerprint density at radius 2 is 2.46 bits per heavy atom. The molecule has 0 fully saturated rings. The molecule has 13 heavy (non-hydrogen) atoms. The maximum absolute atomic E-state index is 11.2. The molecule has 72 valence electrons. The fraction of sp³-hybridized carbons (Fsp3) is 0.571. The lowest BCUT2D eigenvalue weighted by Crippen LogP contribution is -2.10. The van der Waals surface area contributed by atoms with Gasteiger partial charge in [0.15, 0.2) is 0 Å². The number of aromatic nitrogens is 2. The van der Waals surface area contributed by atoms with Crippen LogP contribution in [-0.4, -0.2) is 22.0 Å². The van der Waals surface area contributed by atoms with Crippen molar-refractivity contribution in [3.05, 3.63) is 6.20 Å². The maximum atomic E-state index is 11.2. The van der Waals surface area contributed by atoms with E-state index >= 15 is 0 Å². The summed E-state index contributed by atoms with van der Waals surface area (Å²) in [5.41, 5.74) is 5.30. The highest BCUT2D eigenvalue weighted by Crippen LogP contribution is 2.09. The van der Waals surface area contributed by atoms with Crippen molar-refractivity contribution in [2.75, 3.05) is 11.9 Å². The summed E-state index contributed by atoms with van der Waals surface area (Å²) in [6, 6.07) is 0. The fourth-order valence-electron chi connectivity index (χ4n) is 0.852. The van der Waals surface area contributed by atoms with E-state index in [4.69, 9.17) is 5.73 Å². The summed E-state index contributed by atoms with van der Waals surface area (Å²) in [5.74, 6) is -0.000463. The Balaban J connectivity index is 2.18. The van der Waals surface area contributed by atoms with Crippen molar-refractivity contribution in [3.63, 3.8) is 0 Å². The van der Waals surface area contributed by atoms with E-state index < -0.39 is 0 Å². The predicted octanol–water partition coefficient (Wildman–Crippen LogP) is 0.606. The van der Waals surface area contributed by atoms with E-state index in [0.717, 1.165) is 12.8 Å². The van der Waals surface area contributed by atoms with Crippen LogP contribution in [0.2, 0.25) is 0 Å². The smallest absolute Gasteiger partial charge is 0.225 e. The number of rotatable bonds is 5. The molecule has 0 bridgehead atoms. The molecule has 5 nitrogen and oxygen atoms in total. The molecule has 1 aromatic heterocycles. The van der Waals surface area contributed by atoms with Crippen LogP contribution in [0, 0.1) is 0 Å². The van der Waals surface area contributed by atoms with Gasteiger partial charge in [0.2, 0.25) is 5.91 Å². The Kier molecular flexibility index (Phi) is 4.34. The predicted molar refractivity (Wildman–Crippen MR) is 51.4 cm³/mol. The first kappa shape index (κ1) is 10.1. The van der Waals surface area contributed by atoms with Gasteiger partial charge in [-0.1, -0.05) is 4.49 Å². The van der Waals surface area contributed by atoms with E-state index in [0.29, 0.717) is 18.0 Å². The number of amides is 1. The summed E-state index contributed by atoms with van der Waals surface area (Å²) >= 11 is 1.17. The summed E-state index contributed by atoms with van der Waals surface area (Å²) < 4.78 is 3.63. The number of carbonyl (C=O) groups is 1. The summed E-state index contributed by atoms with van der Waals surface area (Å²) in [6.07, 6.45) is 3.75. The minimum Gasteiger partial charge on any atom is -0.330 e. The zero-order valence-corrected chi connectivity index (χ0v) is 8.01. The number of unbranched alkanes of at least 4 members (excludes halogenated alkanes) is 1. The number of hydrogen-bond acceptors (Lipinski definition) is 5. The minimum atomic E-state index is -0.000463. The summed E-state index contributed by atoms with van der Waals surface area (Å²) in [4.78, 5) is 11.2. The second-order valence-electron chi connectivity index (χ2n) is 2.58. The number of carbonyl (C=O) groups excluding carboxylic acids is 1. The molecule has 0 aromatic carbocycles. The highest BCUT2D eigenvalue weighted by atomic mass is 32.1. The first-order valence-corrected chi connectivity index (χ1v) is 4.87. The van der Waals surface area contributed by atoms with Crippen LogP contribution < -0.4 is 11.1 Å². The van der Waals surface area contributed by atoms with Crippen molar-refractivity contribution in [1.29, 1.82) is 0 Å². The number of hydrogen-bond donors (Lipinski definition) is 2. The summed E-state index contributed by atoms with van der Waals surface area (Å²) in [6.45, 7) is 0.634. The lowest BCUT2D eigenvalue weighted by atomic mass is 10.2. The number of anilines is 1. The van der Waals surface area contributed by atoms with Gasteiger partial charge in [0.25, 0.3) is 0 Å². The van der Waals surface area contributed by atoms with E-state index in [-0.39, 0.29) is 5.91 Å². The fourth-order valence-corrected chi connectivity index (χ4v) is 1.29. The van der Waals surface area contributed by atoms with Gasteiger partial charge in [-0.05, 0) is 19.4 Å². The van der Waals surface area contributed by atoms with Crippen LogP contribution in [0.25, 0.3) is 0 Å². The number of nitrogens with two attached hydrogens (primary N) is 1. The van der Waals surface area contributed by atoms with Crippen molar-refractivity contribution >= 4 is 22.4 Å². The van der Waals surface area contributed by atoms with E-state index in [1.54, 1.807) is 0 Å². The molecule has 3 N–H and O–H groups in total. The van der Waals surface area contributed by atoms with Crippen molar-refractivity contribution in [2.45, 2.75) is 19.3 Å². The van der Waals surface area contributed by atoms with Crippen LogP contribution in [0.1, 0.15) is 19.3 Å². The molecule has 1 heterocycles. The Morgan fingerprint density at radius 3 is 3.08 bits per heavy atom. The van der Waals surface area contributed by atoms with E-state index in [1.165, 1.54) is 17.7 Å². The molecule has 1 rings (SSSR count). The molecule has 0 aliphatic rings. The average Bonchev–Trinajstić information content (AvgIpc) is 2.57. The molecule has 6 heteroatoms. The monoisotopic (exact) mass is 200 g/mol. The molecule has 0 spiro atoms. The zero-order valence-electron chi connectivity index (χ0n) is 7.19. The van der Waals surface area contributed by atoms with Crippen molar-refractivity contribution < 1.29 is 4.79 Å². The van der Waals surface area contributed by atoms with Gasteiger partial charge in [-0.25, -0.2) is 0 Å². The van der Waals surface area contributed by atoms with Crippen LogP contribution in [0.5, 0.6) is 0 Å². The third-order valence-electron chi connectivity index (χ3n) is 1.48. The summed E-state index contributed by atoms with van der Waals surface area (Å²) in [7, 11) is 0. The second-order valence-corrected chi connectivity index (χ2v) is 3.36. The van der Waals surface area contributed by atoms with Gasteiger partial charge in [-0.2, -0.15) is 0 Å². The molecule has 0 unspecified atom stereocenters. The standard InChI is InChI=1S/C7H12N4OS/c8-4-2-1-3-6(12)10-7-5-9-11-13-7/h5H,1-4,8H2,(H,10,12). The highest BCUT2D eigenvalue weighted by molar-refractivity contribution is 7.10. The molecule has 1 amide bonds. The van der Waals surface area contributed by atoms with Gasteiger partial charge >= 0.3 is 0 Å². The van der Waals surface area contributed by atoms with Crippen molar-refractivity contribution in [3.8, 4) is 0 Å². The molecule has 1 aromatic rings. The topological polar surface area (TPSA) is 80.9 Å². The number of nitrogens with one attached hydrogen (secondary N) is 1. The van der Waals surface area contributed by atoms with Gasteiger partial charge < -0.3 is 11.1 Å². The third kappa shape index (κ3) is 3.95. The van der Waals surface area contributed by atoms with Crippen LogP contribution in [-0.2, 0) is 4.79 Å². The van der Waals surface area contributed by atoms with Gasteiger partial charge in [0, 0.05) is 18.0 Å². The SMILES string of the molecule is NCCCCC(=O)Nc1cnns1. The van der Waals surface area contributed by atoms with E-state index in [2.05, 4.69) is 14.9 Å². The Morgan fingerprint density at radius 1 is 1.62 bits per heavy atom. The second kappa shape index (κ2) is 5.60. The molecule has 0 aliphatic heterocycles. The zero-order chi connectivity index (χ0) is 9.52. The first-order chi connectivity index (χ1) is 6.33. The Hall–Kier alpha value is -1.01. The van der Waals surface area contributed by atoms with E-state index in [1.807, 2.05) is 0 Å². The normalized spacial score (nSPS) is 9.92. The minimum absolute atomic E-state index is 0.000463. The van der Waals surface area contributed by atoms with Crippen LogP contribution in [0.4, 0.5) is 5.00 Å². The van der Waals surface area contributed by atoms with Crippen LogP contribution >= 0.6 is 11.5 Å². The molecule has 0 radical (unpaired) electrons. The Bertz CT molecular complexity index is 249. The molecule has 0 aliphatic carbocycles. The third-order valence-corrected chi connectivity index (χ3v) is 2.06. The molecule has 0 atom stereocenters. The molecule has 0 saturated carbocycles. The average molecular weight is 200 g/mol. The molecule has 0 saturated heterocycles. The molecular weight excluding hydrogens is 188 g/mol. The highest BCUT2D eigenvalue weighted by Gasteiger charge is 2.02. The van der Waals surface area contributed by atoms with Gasteiger partial charge in [-0.3, -0.25) is 4.79 Å². The maximum Gasteiger partial charge on any atom is 0.225 e. The quantitative estimate of drug-likeness (QED) is 0.682. The lowest BCUT2D eigenvalue weighted by molar-refractivity contribution is -0.116. The van der Waals surface area contributed by atoms with Crippen molar-refractivity contribution in [1.82, 2.24) is 9.59 Å². The largest absolute Gasteiger partial charge is 0.330 e. The van der Waals surface area contributed by atoms with E-state index in [9.17, 15) is 4.79 Å². The first-order valence-electron chi connectivity index (χ1n) is 4.10. The lowest BCUT2D eigenvalue weighted by Gasteiger charge is -1.99. The van der Waals surface area contributed by atoms with Crippen LogP contribution in [0.15, 0.2) is 6.20 Å². The van der Waals surface area contributed by atoms with Crippen LogP contribution in [0.3, 0.4) is 0 Å². The van der Waals surface area contributed by atoms with Gasteiger partial charge in [-0.15, -0.1) is 5.10 Å². The van der Waals surface area contributed by atoms with Gasteiger partial charge in [0.1, 0.15) is 5.00 Å². The number of nitrogens with zero attached hydrogens (tertiary/aromatic N) is 2.